The SMILES string of the molecule is O=[N+]([O-])c1c(OC(F)(F)F)ccc(S(=O)(=O)Cl)c1Cl. The van der Waals surface area contributed by atoms with Crippen molar-refractivity contribution < 1.29 is 31.2 Å². The van der Waals surface area contributed by atoms with Crippen LogP contribution in [-0.4, -0.2) is 19.7 Å². The highest BCUT2D eigenvalue weighted by Crippen LogP contribution is 2.41. The van der Waals surface area contributed by atoms with Crippen LogP contribution in [-0.2, 0) is 9.05 Å². The lowest BCUT2D eigenvalue weighted by Gasteiger charge is -2.10. The molecule has 1 rings (SSSR count). The summed E-state index contributed by atoms with van der Waals surface area (Å²) in [5, 5.41) is 9.58. The number of benzene rings is 1. The van der Waals surface area contributed by atoms with Crippen molar-refractivity contribution in [1.29, 1.82) is 0 Å². The summed E-state index contributed by atoms with van der Waals surface area (Å²) in [6, 6.07) is 1.01. The lowest BCUT2D eigenvalue weighted by molar-refractivity contribution is -0.388. The summed E-state index contributed by atoms with van der Waals surface area (Å²) in [6.45, 7) is 0. The van der Waals surface area contributed by atoms with Crippen molar-refractivity contribution in [2.75, 3.05) is 0 Å². The average Bonchev–Trinajstić information content (AvgIpc) is 2.11. The fourth-order valence-electron chi connectivity index (χ4n) is 1.09. The minimum Gasteiger partial charge on any atom is -0.398 e. The zero-order valence-corrected chi connectivity index (χ0v) is 10.8. The number of hydrogen-bond acceptors (Lipinski definition) is 5. The zero-order chi connectivity index (χ0) is 15.0. The average molecular weight is 340 g/mol. The maximum atomic E-state index is 12.0. The fraction of sp³-hybridized carbons (Fsp3) is 0.143. The first kappa shape index (κ1) is 15.8. The van der Waals surface area contributed by atoms with Gasteiger partial charge in [0.2, 0.25) is 5.75 Å². The Kier molecular flexibility index (Phi) is 4.17. The third-order valence-corrected chi connectivity index (χ3v) is 3.57. The standard InChI is InChI=1S/C7H2Cl2F3NO5S/c8-5-4(19(9,16)17)2-1-3(6(5)13(14)15)18-7(10,11)12/h1-2H. The normalized spacial score (nSPS) is 12.3. The molecule has 0 heterocycles. The number of rotatable bonds is 3. The van der Waals surface area contributed by atoms with Crippen LogP contribution in [0.25, 0.3) is 0 Å². The van der Waals surface area contributed by atoms with Gasteiger partial charge in [0.1, 0.15) is 9.92 Å². The highest BCUT2D eigenvalue weighted by atomic mass is 35.7. The highest BCUT2D eigenvalue weighted by molar-refractivity contribution is 8.13. The van der Waals surface area contributed by atoms with Gasteiger partial charge in [-0.05, 0) is 12.1 Å². The molecule has 0 unspecified atom stereocenters. The second-order valence-corrected chi connectivity index (χ2v) is 5.88. The van der Waals surface area contributed by atoms with Gasteiger partial charge in [0.05, 0.1) is 4.92 Å². The summed E-state index contributed by atoms with van der Waals surface area (Å²) >= 11 is 5.37. The monoisotopic (exact) mass is 339 g/mol. The Bertz CT molecular complexity index is 630. The van der Waals surface area contributed by atoms with Crippen LogP contribution in [0.5, 0.6) is 5.75 Å². The molecule has 0 aliphatic rings. The number of nitro groups is 1. The van der Waals surface area contributed by atoms with E-state index in [2.05, 4.69) is 4.74 Å². The largest absolute Gasteiger partial charge is 0.573 e. The van der Waals surface area contributed by atoms with E-state index in [0.29, 0.717) is 12.1 Å². The number of nitro benzene ring substituents is 1. The molecule has 0 fully saturated rings. The molecule has 19 heavy (non-hydrogen) atoms. The molecule has 0 amide bonds. The van der Waals surface area contributed by atoms with Crippen molar-refractivity contribution in [2.24, 2.45) is 0 Å². The summed E-state index contributed by atoms with van der Waals surface area (Å²) in [5.41, 5.74) is -1.35. The Balaban J connectivity index is 3.54. The van der Waals surface area contributed by atoms with E-state index in [0.717, 1.165) is 0 Å². The lowest BCUT2D eigenvalue weighted by atomic mass is 10.3. The zero-order valence-electron chi connectivity index (χ0n) is 8.44. The molecule has 0 saturated carbocycles. The van der Waals surface area contributed by atoms with Gasteiger partial charge in [-0.25, -0.2) is 8.42 Å². The van der Waals surface area contributed by atoms with E-state index in [1.165, 1.54) is 0 Å². The van der Waals surface area contributed by atoms with Crippen molar-refractivity contribution >= 4 is 37.0 Å². The second kappa shape index (κ2) is 5.02. The maximum absolute atomic E-state index is 12.0. The summed E-state index contributed by atoms with van der Waals surface area (Å²) in [7, 11) is 0.477. The second-order valence-electron chi connectivity index (χ2n) is 2.97. The Morgan fingerprint density at radius 2 is 1.84 bits per heavy atom. The van der Waals surface area contributed by atoms with Crippen LogP contribution in [0.2, 0.25) is 5.02 Å². The maximum Gasteiger partial charge on any atom is 0.573 e. The van der Waals surface area contributed by atoms with E-state index < -0.39 is 41.7 Å². The first-order valence-corrected chi connectivity index (χ1v) is 6.79. The summed E-state index contributed by atoms with van der Waals surface area (Å²) in [5.74, 6) is -1.24. The van der Waals surface area contributed by atoms with Gasteiger partial charge >= 0.3 is 12.0 Å². The van der Waals surface area contributed by atoms with Gasteiger partial charge in [-0.2, -0.15) is 0 Å². The van der Waals surface area contributed by atoms with E-state index in [9.17, 15) is 31.7 Å². The van der Waals surface area contributed by atoms with Gasteiger partial charge in [0, 0.05) is 10.7 Å². The van der Waals surface area contributed by atoms with E-state index >= 15 is 0 Å². The topological polar surface area (TPSA) is 86.5 Å². The molecular weight excluding hydrogens is 338 g/mol. The Labute approximate surface area is 113 Å². The van der Waals surface area contributed by atoms with Crippen LogP contribution >= 0.6 is 22.3 Å². The lowest BCUT2D eigenvalue weighted by Crippen LogP contribution is -2.18. The van der Waals surface area contributed by atoms with E-state index in [-0.39, 0.29) is 0 Å². The molecule has 12 heteroatoms. The molecular formula is C7H2Cl2F3NO5S. The third kappa shape index (κ3) is 3.85. The van der Waals surface area contributed by atoms with Crippen molar-refractivity contribution in [1.82, 2.24) is 0 Å². The summed E-state index contributed by atoms with van der Waals surface area (Å²) in [4.78, 5) is 8.44. The predicted molar refractivity (Wildman–Crippen MR) is 57.8 cm³/mol. The smallest absolute Gasteiger partial charge is 0.398 e. The fourth-order valence-corrected chi connectivity index (χ4v) is 2.67. The number of nitrogens with zero attached hydrogens (tertiary/aromatic N) is 1. The molecule has 0 aliphatic heterocycles. The highest BCUT2D eigenvalue weighted by Gasteiger charge is 2.37. The van der Waals surface area contributed by atoms with Crippen LogP contribution in [0.1, 0.15) is 0 Å². The molecule has 0 atom stereocenters. The number of halogens is 5. The molecule has 0 radical (unpaired) electrons. The van der Waals surface area contributed by atoms with Crippen LogP contribution < -0.4 is 4.74 Å². The van der Waals surface area contributed by atoms with Gasteiger partial charge < -0.3 is 4.74 Å². The molecule has 1 aromatic carbocycles. The Morgan fingerprint density at radius 1 is 1.32 bits per heavy atom. The molecule has 1 aromatic rings. The number of hydrogen-bond donors (Lipinski definition) is 0. The summed E-state index contributed by atoms with van der Waals surface area (Å²) in [6.07, 6.45) is -5.20. The minimum absolute atomic E-state index is 0.437. The van der Waals surface area contributed by atoms with Gasteiger partial charge in [-0.3, -0.25) is 10.1 Å². The van der Waals surface area contributed by atoms with Crippen LogP contribution in [0, 0.1) is 10.1 Å². The molecule has 0 aliphatic carbocycles. The van der Waals surface area contributed by atoms with Crippen LogP contribution in [0.15, 0.2) is 17.0 Å². The third-order valence-electron chi connectivity index (χ3n) is 1.71. The minimum atomic E-state index is -5.20. The van der Waals surface area contributed by atoms with Crippen LogP contribution in [0.4, 0.5) is 18.9 Å². The van der Waals surface area contributed by atoms with E-state index in [4.69, 9.17) is 22.3 Å². The van der Waals surface area contributed by atoms with Gasteiger partial charge in [0.25, 0.3) is 9.05 Å². The quantitative estimate of drug-likeness (QED) is 0.479. The van der Waals surface area contributed by atoms with Crippen molar-refractivity contribution in [2.45, 2.75) is 11.3 Å². The molecule has 0 N–H and O–H groups in total. The predicted octanol–water partition coefficient (Wildman–Crippen LogP) is 3.07. The molecule has 0 aromatic heterocycles. The molecule has 6 nitrogen and oxygen atoms in total. The van der Waals surface area contributed by atoms with E-state index in [1.807, 2.05) is 0 Å². The van der Waals surface area contributed by atoms with Gasteiger partial charge in [0.15, 0.2) is 0 Å². The molecule has 0 spiro atoms. The molecule has 106 valence electrons. The molecule has 0 saturated heterocycles. The number of ether oxygens (including phenoxy) is 1. The van der Waals surface area contributed by atoms with Crippen molar-refractivity contribution in [3.63, 3.8) is 0 Å². The van der Waals surface area contributed by atoms with Crippen molar-refractivity contribution in [3.05, 3.63) is 27.3 Å². The Morgan fingerprint density at radius 3 is 2.21 bits per heavy atom. The van der Waals surface area contributed by atoms with Gasteiger partial charge in [-0.15, -0.1) is 13.2 Å². The summed E-state index contributed by atoms with van der Waals surface area (Å²) < 4.78 is 61.5. The Hall–Kier alpha value is -1.26. The number of alkyl halides is 3. The van der Waals surface area contributed by atoms with Gasteiger partial charge in [-0.1, -0.05) is 11.6 Å². The first-order valence-electron chi connectivity index (χ1n) is 4.11. The van der Waals surface area contributed by atoms with E-state index in [1.54, 1.807) is 0 Å². The van der Waals surface area contributed by atoms with Crippen molar-refractivity contribution in [3.8, 4) is 5.75 Å². The van der Waals surface area contributed by atoms with Crippen LogP contribution in [0.3, 0.4) is 0 Å². The first-order chi connectivity index (χ1) is 8.43. The molecule has 0 bridgehead atoms.